The molecular formula is C21H24N4. The van der Waals surface area contributed by atoms with E-state index in [1.165, 1.54) is 0 Å². The first kappa shape index (κ1) is 17.2. The molecule has 0 fully saturated rings. The molecule has 0 radical (unpaired) electrons. The minimum atomic E-state index is 0.810. The molecule has 3 aromatic rings. The zero-order chi connectivity index (χ0) is 17.5. The van der Waals surface area contributed by atoms with Crippen molar-refractivity contribution in [3.63, 3.8) is 0 Å². The van der Waals surface area contributed by atoms with Gasteiger partial charge in [-0.3, -0.25) is 19.9 Å². The van der Waals surface area contributed by atoms with Gasteiger partial charge in [0.2, 0.25) is 0 Å². The molecule has 0 unspecified atom stereocenters. The Morgan fingerprint density at radius 2 is 1.32 bits per heavy atom. The van der Waals surface area contributed by atoms with Crippen molar-refractivity contribution in [1.82, 2.24) is 19.9 Å². The molecule has 0 saturated carbocycles. The minimum absolute atomic E-state index is 0.810. The molecule has 3 heterocycles. The molecule has 4 nitrogen and oxygen atoms in total. The van der Waals surface area contributed by atoms with Crippen LogP contribution in [0.25, 0.3) is 0 Å². The molecule has 3 aromatic heterocycles. The van der Waals surface area contributed by atoms with E-state index in [-0.39, 0.29) is 0 Å². The summed E-state index contributed by atoms with van der Waals surface area (Å²) in [7, 11) is 0. The lowest BCUT2D eigenvalue weighted by molar-refractivity contribution is 0.253. The van der Waals surface area contributed by atoms with Gasteiger partial charge < -0.3 is 0 Å². The highest BCUT2D eigenvalue weighted by atomic mass is 15.1. The van der Waals surface area contributed by atoms with E-state index in [1.807, 2.05) is 44.3 Å². The van der Waals surface area contributed by atoms with Gasteiger partial charge in [0.1, 0.15) is 0 Å². The quantitative estimate of drug-likeness (QED) is 0.661. The van der Waals surface area contributed by atoms with Crippen LogP contribution in [-0.4, -0.2) is 26.4 Å². The van der Waals surface area contributed by atoms with Crippen molar-refractivity contribution < 1.29 is 0 Å². The molecule has 0 aliphatic carbocycles. The van der Waals surface area contributed by atoms with E-state index in [1.54, 1.807) is 0 Å². The topological polar surface area (TPSA) is 41.9 Å². The molecule has 0 aliphatic heterocycles. The van der Waals surface area contributed by atoms with Gasteiger partial charge in [-0.2, -0.15) is 0 Å². The lowest BCUT2D eigenvalue weighted by Gasteiger charge is -2.22. The number of aryl methyl sites for hydroxylation is 2. The molecule has 4 heteroatoms. The summed E-state index contributed by atoms with van der Waals surface area (Å²) in [4.78, 5) is 16.1. The Balaban J connectivity index is 1.72. The van der Waals surface area contributed by atoms with Crippen LogP contribution in [0.15, 0.2) is 60.8 Å². The van der Waals surface area contributed by atoms with Crippen molar-refractivity contribution in [2.45, 2.75) is 33.4 Å². The monoisotopic (exact) mass is 332 g/mol. The van der Waals surface area contributed by atoms with Gasteiger partial charge in [0.25, 0.3) is 0 Å². The largest absolute Gasteiger partial charge is 0.291 e. The van der Waals surface area contributed by atoms with Crippen LogP contribution in [0.3, 0.4) is 0 Å². The average molecular weight is 332 g/mol. The fourth-order valence-corrected chi connectivity index (χ4v) is 2.87. The maximum atomic E-state index is 4.65. The first-order valence-corrected chi connectivity index (χ1v) is 8.66. The van der Waals surface area contributed by atoms with Gasteiger partial charge in [-0.1, -0.05) is 18.2 Å². The molecule has 0 saturated heterocycles. The van der Waals surface area contributed by atoms with E-state index < -0.39 is 0 Å². The zero-order valence-electron chi connectivity index (χ0n) is 14.9. The zero-order valence-corrected chi connectivity index (χ0v) is 14.9. The normalized spacial score (nSPS) is 11.0. The first-order chi connectivity index (χ1) is 12.2. The number of nitrogens with zero attached hydrogens (tertiary/aromatic N) is 4. The van der Waals surface area contributed by atoms with Crippen molar-refractivity contribution in [3.05, 3.63) is 89.3 Å². The van der Waals surface area contributed by atoms with Crippen molar-refractivity contribution in [3.8, 4) is 0 Å². The van der Waals surface area contributed by atoms with Crippen LogP contribution in [0, 0.1) is 13.8 Å². The molecule has 0 aromatic carbocycles. The SMILES string of the molecule is Cc1cccc(CN(CCc2ccccn2)Cc2cccc(C)n2)n1. The Kier molecular flexibility index (Phi) is 5.86. The van der Waals surface area contributed by atoms with Crippen LogP contribution in [0.2, 0.25) is 0 Å². The molecule has 0 amide bonds. The molecule has 0 atom stereocenters. The van der Waals surface area contributed by atoms with Gasteiger partial charge in [-0.25, -0.2) is 0 Å². The molecule has 0 N–H and O–H groups in total. The lowest BCUT2D eigenvalue weighted by Crippen LogP contribution is -2.26. The van der Waals surface area contributed by atoms with Gasteiger partial charge in [-0.15, -0.1) is 0 Å². The molecule has 25 heavy (non-hydrogen) atoms. The fraction of sp³-hybridized carbons (Fsp3) is 0.286. The predicted octanol–water partition coefficient (Wildman–Crippen LogP) is 3.73. The third-order valence-electron chi connectivity index (χ3n) is 4.07. The minimum Gasteiger partial charge on any atom is -0.291 e. The summed E-state index contributed by atoms with van der Waals surface area (Å²) in [5.74, 6) is 0. The maximum Gasteiger partial charge on any atom is 0.0547 e. The highest BCUT2D eigenvalue weighted by molar-refractivity contribution is 5.12. The Morgan fingerprint density at radius 1 is 0.720 bits per heavy atom. The number of rotatable bonds is 7. The third-order valence-corrected chi connectivity index (χ3v) is 4.07. The summed E-state index contributed by atoms with van der Waals surface area (Å²) >= 11 is 0. The fourth-order valence-electron chi connectivity index (χ4n) is 2.87. The van der Waals surface area contributed by atoms with Crippen molar-refractivity contribution in [1.29, 1.82) is 0 Å². The summed E-state index contributed by atoms with van der Waals surface area (Å²) in [5.41, 5.74) is 5.40. The van der Waals surface area contributed by atoms with E-state index in [2.05, 4.69) is 50.2 Å². The van der Waals surface area contributed by atoms with Crippen LogP contribution >= 0.6 is 0 Å². The van der Waals surface area contributed by atoms with E-state index in [0.29, 0.717) is 0 Å². The number of hydrogen-bond acceptors (Lipinski definition) is 4. The Hall–Kier alpha value is -2.59. The van der Waals surface area contributed by atoms with E-state index in [9.17, 15) is 0 Å². The van der Waals surface area contributed by atoms with Crippen LogP contribution in [0.5, 0.6) is 0 Å². The summed E-state index contributed by atoms with van der Waals surface area (Å²) in [6.07, 6.45) is 2.77. The molecule has 0 spiro atoms. The third kappa shape index (κ3) is 5.47. The standard InChI is InChI=1S/C21H24N4/c1-17-7-5-10-20(23-17)15-25(14-12-19-9-3-4-13-22-19)16-21-11-6-8-18(2)24-21/h3-11,13H,12,14-16H2,1-2H3. The van der Waals surface area contributed by atoms with Crippen LogP contribution in [0.1, 0.15) is 28.5 Å². The van der Waals surface area contributed by atoms with E-state index in [0.717, 1.165) is 54.5 Å². The second-order valence-corrected chi connectivity index (χ2v) is 6.32. The van der Waals surface area contributed by atoms with Gasteiger partial charge in [0.15, 0.2) is 0 Å². The molecule has 0 bridgehead atoms. The highest BCUT2D eigenvalue weighted by Gasteiger charge is 2.10. The Labute approximate surface area is 149 Å². The second-order valence-electron chi connectivity index (χ2n) is 6.32. The lowest BCUT2D eigenvalue weighted by atomic mass is 10.2. The van der Waals surface area contributed by atoms with Crippen LogP contribution in [-0.2, 0) is 19.5 Å². The van der Waals surface area contributed by atoms with Crippen LogP contribution in [0.4, 0.5) is 0 Å². The van der Waals surface area contributed by atoms with Crippen molar-refractivity contribution >= 4 is 0 Å². The molecule has 3 rings (SSSR count). The summed E-state index contributed by atoms with van der Waals surface area (Å²) in [6, 6.07) is 18.4. The number of hydrogen-bond donors (Lipinski definition) is 0. The summed E-state index contributed by atoms with van der Waals surface area (Å²) in [5, 5.41) is 0. The van der Waals surface area contributed by atoms with E-state index >= 15 is 0 Å². The van der Waals surface area contributed by atoms with Crippen LogP contribution < -0.4 is 0 Å². The van der Waals surface area contributed by atoms with Gasteiger partial charge in [-0.05, 0) is 50.2 Å². The van der Waals surface area contributed by atoms with Gasteiger partial charge >= 0.3 is 0 Å². The molecular weight excluding hydrogens is 308 g/mol. The van der Waals surface area contributed by atoms with Crippen molar-refractivity contribution in [2.75, 3.05) is 6.54 Å². The summed E-state index contributed by atoms with van der Waals surface area (Å²) in [6.45, 7) is 6.60. The molecule has 0 aliphatic rings. The molecule has 128 valence electrons. The number of aromatic nitrogens is 3. The highest BCUT2D eigenvalue weighted by Crippen LogP contribution is 2.10. The number of pyridine rings is 3. The maximum absolute atomic E-state index is 4.65. The predicted molar refractivity (Wildman–Crippen MR) is 100 cm³/mol. The van der Waals surface area contributed by atoms with Gasteiger partial charge in [0, 0.05) is 49.3 Å². The average Bonchev–Trinajstić information content (AvgIpc) is 2.61. The smallest absolute Gasteiger partial charge is 0.0547 e. The first-order valence-electron chi connectivity index (χ1n) is 8.66. The summed E-state index contributed by atoms with van der Waals surface area (Å²) < 4.78 is 0. The van der Waals surface area contributed by atoms with Gasteiger partial charge in [0.05, 0.1) is 11.4 Å². The van der Waals surface area contributed by atoms with E-state index in [4.69, 9.17) is 0 Å². The Bertz CT molecular complexity index is 754. The van der Waals surface area contributed by atoms with Crippen molar-refractivity contribution in [2.24, 2.45) is 0 Å². The second kappa shape index (κ2) is 8.49. The Morgan fingerprint density at radius 3 is 1.84 bits per heavy atom.